The number of pyridine rings is 1. The van der Waals surface area contributed by atoms with Gasteiger partial charge in [0.1, 0.15) is 11.9 Å². The van der Waals surface area contributed by atoms with Gasteiger partial charge in [-0.1, -0.05) is 12.1 Å². The number of carbonyl (C=O) groups excluding carboxylic acids is 1. The first kappa shape index (κ1) is 19.5. The molecule has 0 saturated heterocycles. The van der Waals surface area contributed by atoms with E-state index < -0.39 is 5.91 Å². The Labute approximate surface area is 162 Å². The molecule has 0 radical (unpaired) electrons. The fourth-order valence-corrected chi connectivity index (χ4v) is 3.13. The van der Waals surface area contributed by atoms with Crippen LogP contribution in [0.15, 0.2) is 41.5 Å². The van der Waals surface area contributed by atoms with Crippen LogP contribution < -0.4 is 10.9 Å². The van der Waals surface area contributed by atoms with Crippen molar-refractivity contribution in [1.29, 1.82) is 0 Å². The fraction of sp³-hybridized carbons (Fsp3) is 0.300. The van der Waals surface area contributed by atoms with Gasteiger partial charge >= 0.3 is 0 Å². The highest BCUT2D eigenvalue weighted by Gasteiger charge is 2.18. The zero-order valence-corrected chi connectivity index (χ0v) is 16.2. The van der Waals surface area contributed by atoms with Gasteiger partial charge in [-0.15, -0.1) is 0 Å². The van der Waals surface area contributed by atoms with E-state index in [0.29, 0.717) is 36.6 Å². The van der Waals surface area contributed by atoms with Crippen molar-refractivity contribution < 1.29 is 9.53 Å². The van der Waals surface area contributed by atoms with Crippen molar-refractivity contribution in [3.8, 4) is 11.4 Å². The van der Waals surface area contributed by atoms with Crippen LogP contribution in [0, 0.1) is 13.8 Å². The second kappa shape index (κ2) is 8.62. The Bertz CT molecular complexity index is 1020. The van der Waals surface area contributed by atoms with E-state index in [4.69, 9.17) is 4.74 Å². The van der Waals surface area contributed by atoms with Crippen LogP contribution in [0.25, 0.3) is 11.4 Å². The summed E-state index contributed by atoms with van der Waals surface area (Å²) in [5.74, 6) is 0.167. The number of nitrogens with one attached hydrogen (secondary N) is 2. The molecule has 2 aromatic heterocycles. The van der Waals surface area contributed by atoms with Crippen LogP contribution in [0.1, 0.15) is 28.0 Å². The van der Waals surface area contributed by atoms with E-state index in [0.717, 1.165) is 11.3 Å². The Kier molecular flexibility index (Phi) is 6.00. The predicted molar refractivity (Wildman–Crippen MR) is 106 cm³/mol. The number of aromatic amines is 1. The summed E-state index contributed by atoms with van der Waals surface area (Å²) < 4.78 is 6.68. The summed E-state index contributed by atoms with van der Waals surface area (Å²) in [6, 6.07) is 9.06. The van der Waals surface area contributed by atoms with Crippen molar-refractivity contribution in [1.82, 2.24) is 19.7 Å². The van der Waals surface area contributed by atoms with Crippen molar-refractivity contribution in [2.24, 2.45) is 0 Å². The number of carbonyl (C=O) groups is 1. The quantitative estimate of drug-likeness (QED) is 0.613. The summed E-state index contributed by atoms with van der Waals surface area (Å²) in [7, 11) is 1.62. The summed E-state index contributed by atoms with van der Waals surface area (Å²) in [6.07, 6.45) is 2.11. The predicted octanol–water partition coefficient (Wildman–Crippen LogP) is 2.54. The molecule has 0 aliphatic carbocycles. The van der Waals surface area contributed by atoms with Crippen molar-refractivity contribution in [3.05, 3.63) is 63.8 Å². The first-order valence-electron chi connectivity index (χ1n) is 8.98. The zero-order chi connectivity index (χ0) is 20.1. The number of aryl methyl sites for hydroxylation is 2. The van der Waals surface area contributed by atoms with Gasteiger partial charge in [-0.25, -0.2) is 4.98 Å². The molecule has 3 rings (SSSR count). The van der Waals surface area contributed by atoms with Crippen LogP contribution in [0.3, 0.4) is 0 Å². The summed E-state index contributed by atoms with van der Waals surface area (Å²) in [5.41, 5.74) is 2.68. The number of methoxy groups -OCH3 is 1. The minimum Gasteiger partial charge on any atom is -0.385 e. The highest BCUT2D eigenvalue weighted by molar-refractivity contribution is 6.05. The normalized spacial score (nSPS) is 10.8. The molecule has 0 saturated carbocycles. The Morgan fingerprint density at radius 1 is 1.29 bits per heavy atom. The highest BCUT2D eigenvalue weighted by Crippen LogP contribution is 2.19. The van der Waals surface area contributed by atoms with Crippen molar-refractivity contribution in [2.75, 3.05) is 19.0 Å². The molecule has 28 heavy (non-hydrogen) atoms. The van der Waals surface area contributed by atoms with Crippen LogP contribution in [0.4, 0.5) is 5.69 Å². The number of aromatic nitrogens is 4. The summed E-state index contributed by atoms with van der Waals surface area (Å²) in [5, 5.41) is 9.43. The molecular weight excluding hydrogens is 358 g/mol. The summed E-state index contributed by atoms with van der Waals surface area (Å²) in [4.78, 5) is 29.9. The molecule has 0 atom stereocenters. The SMILES string of the molecule is COCCCn1c(C)cc(C)c(C(=O)Nc2cccc(-c3ncn[nH]3)c2)c1=O. The van der Waals surface area contributed by atoms with E-state index in [1.165, 1.54) is 6.33 Å². The topological polar surface area (TPSA) is 102 Å². The second-order valence-electron chi connectivity index (χ2n) is 6.52. The first-order valence-corrected chi connectivity index (χ1v) is 8.98. The Hall–Kier alpha value is -3.26. The molecule has 0 aliphatic rings. The monoisotopic (exact) mass is 381 g/mol. The van der Waals surface area contributed by atoms with E-state index in [1.807, 2.05) is 19.1 Å². The first-order chi connectivity index (χ1) is 13.5. The van der Waals surface area contributed by atoms with Crippen LogP contribution in [0.2, 0.25) is 0 Å². The third-order valence-electron chi connectivity index (χ3n) is 4.47. The maximum Gasteiger partial charge on any atom is 0.263 e. The molecule has 8 heteroatoms. The number of hydrogen-bond acceptors (Lipinski definition) is 5. The van der Waals surface area contributed by atoms with E-state index in [1.54, 1.807) is 36.8 Å². The lowest BCUT2D eigenvalue weighted by atomic mass is 10.1. The molecule has 0 unspecified atom stereocenters. The van der Waals surface area contributed by atoms with E-state index in [9.17, 15) is 9.59 Å². The molecule has 146 valence electrons. The fourth-order valence-electron chi connectivity index (χ4n) is 3.13. The lowest BCUT2D eigenvalue weighted by Gasteiger charge is -2.14. The smallest absolute Gasteiger partial charge is 0.263 e. The average Bonchev–Trinajstić information content (AvgIpc) is 3.19. The number of benzene rings is 1. The summed E-state index contributed by atoms with van der Waals surface area (Å²) in [6.45, 7) is 4.69. The highest BCUT2D eigenvalue weighted by atomic mass is 16.5. The Morgan fingerprint density at radius 2 is 2.11 bits per heavy atom. The Balaban J connectivity index is 1.87. The molecular formula is C20H23N5O3. The van der Waals surface area contributed by atoms with Gasteiger partial charge in [-0.3, -0.25) is 14.7 Å². The molecule has 0 aliphatic heterocycles. The molecule has 0 fully saturated rings. The van der Waals surface area contributed by atoms with E-state index in [-0.39, 0.29) is 11.1 Å². The number of hydrogen-bond donors (Lipinski definition) is 2. The summed E-state index contributed by atoms with van der Waals surface area (Å²) >= 11 is 0. The molecule has 2 N–H and O–H groups in total. The van der Waals surface area contributed by atoms with Gasteiger partial charge in [0.2, 0.25) is 0 Å². The maximum absolute atomic E-state index is 12.9. The van der Waals surface area contributed by atoms with Crippen molar-refractivity contribution in [3.63, 3.8) is 0 Å². The van der Waals surface area contributed by atoms with E-state index in [2.05, 4.69) is 20.5 Å². The van der Waals surface area contributed by atoms with Crippen LogP contribution in [-0.2, 0) is 11.3 Å². The standard InChI is InChI=1S/C20H23N5O3/c1-13-10-14(2)25(8-5-9-28-3)20(27)17(13)19(26)23-16-7-4-6-15(11-16)18-21-12-22-24-18/h4,6-7,10-12H,5,8-9H2,1-3H3,(H,23,26)(H,21,22,24). The molecule has 1 amide bonds. The number of ether oxygens (including phenoxy) is 1. The van der Waals surface area contributed by atoms with Crippen LogP contribution >= 0.6 is 0 Å². The molecule has 2 heterocycles. The maximum atomic E-state index is 12.9. The Morgan fingerprint density at radius 3 is 2.82 bits per heavy atom. The lowest BCUT2D eigenvalue weighted by molar-refractivity contribution is 0.102. The van der Waals surface area contributed by atoms with Gasteiger partial charge in [0.05, 0.1) is 0 Å². The molecule has 8 nitrogen and oxygen atoms in total. The second-order valence-corrected chi connectivity index (χ2v) is 6.52. The van der Waals surface area contributed by atoms with Gasteiger partial charge in [0.15, 0.2) is 5.82 Å². The third-order valence-corrected chi connectivity index (χ3v) is 4.47. The largest absolute Gasteiger partial charge is 0.385 e. The van der Waals surface area contributed by atoms with Crippen LogP contribution in [0.5, 0.6) is 0 Å². The average molecular weight is 381 g/mol. The van der Waals surface area contributed by atoms with E-state index >= 15 is 0 Å². The molecule has 1 aromatic carbocycles. The molecule has 0 bridgehead atoms. The third kappa shape index (κ3) is 4.17. The van der Waals surface area contributed by atoms with Gasteiger partial charge in [0, 0.05) is 37.2 Å². The minimum absolute atomic E-state index is 0.146. The van der Waals surface area contributed by atoms with Crippen molar-refractivity contribution in [2.45, 2.75) is 26.8 Å². The van der Waals surface area contributed by atoms with Gasteiger partial charge in [-0.05, 0) is 44.0 Å². The number of rotatable bonds is 7. The van der Waals surface area contributed by atoms with Gasteiger partial charge in [0.25, 0.3) is 11.5 Å². The minimum atomic E-state index is -0.433. The number of amides is 1. The van der Waals surface area contributed by atoms with Crippen LogP contribution in [-0.4, -0.2) is 39.4 Å². The zero-order valence-electron chi connectivity index (χ0n) is 16.2. The number of H-pyrrole nitrogens is 1. The number of nitrogens with zero attached hydrogens (tertiary/aromatic N) is 3. The van der Waals surface area contributed by atoms with Crippen molar-refractivity contribution >= 4 is 11.6 Å². The molecule has 0 spiro atoms. The lowest BCUT2D eigenvalue weighted by Crippen LogP contribution is -2.32. The van der Waals surface area contributed by atoms with Gasteiger partial charge < -0.3 is 14.6 Å². The number of anilines is 1. The molecule has 3 aromatic rings. The van der Waals surface area contributed by atoms with Gasteiger partial charge in [-0.2, -0.15) is 5.10 Å².